The number of carbonyl (C=O) groups is 1. The fourth-order valence-corrected chi connectivity index (χ4v) is 3.13. The van der Waals surface area contributed by atoms with E-state index in [-0.39, 0.29) is 24.8 Å². The highest BCUT2D eigenvalue weighted by atomic mass is 19.4. The minimum Gasteiger partial charge on any atom is -0.394 e. The Kier molecular flexibility index (Phi) is 7.72. The Hall–Kier alpha value is -2.74. The maximum atomic E-state index is 13.6. The van der Waals surface area contributed by atoms with Crippen LogP contribution < -0.4 is 10.2 Å². The monoisotopic (exact) mass is 423 g/mol. The standard InChI is InChI=1S/C22H28F3N3O2/c1-15(2)20(14-29)28(13-16-8-6-5-7-9-16)21(30)26-19-11-10-17(27(3)4)12-18(19)22(23,24)25/h5-12,15,20,29H,13-14H2,1-4H3,(H,26,30)/t20-/m0/s1. The van der Waals surface area contributed by atoms with Gasteiger partial charge in [-0.3, -0.25) is 0 Å². The van der Waals surface area contributed by atoms with E-state index in [1.54, 1.807) is 19.0 Å². The van der Waals surface area contributed by atoms with Crippen LogP contribution in [-0.2, 0) is 12.7 Å². The molecule has 30 heavy (non-hydrogen) atoms. The molecule has 2 rings (SSSR count). The van der Waals surface area contributed by atoms with Gasteiger partial charge in [-0.1, -0.05) is 44.2 Å². The van der Waals surface area contributed by atoms with Gasteiger partial charge in [-0.05, 0) is 29.7 Å². The van der Waals surface area contributed by atoms with Crippen molar-refractivity contribution < 1.29 is 23.1 Å². The first-order valence-corrected chi connectivity index (χ1v) is 9.65. The van der Waals surface area contributed by atoms with Crippen molar-refractivity contribution >= 4 is 17.4 Å². The van der Waals surface area contributed by atoms with Gasteiger partial charge in [0.25, 0.3) is 0 Å². The molecule has 0 aliphatic rings. The van der Waals surface area contributed by atoms with E-state index in [0.29, 0.717) is 5.69 Å². The van der Waals surface area contributed by atoms with Crippen LogP contribution in [0.4, 0.5) is 29.3 Å². The number of carbonyl (C=O) groups excluding carboxylic acids is 1. The SMILES string of the molecule is CC(C)[C@H](CO)N(Cc1ccccc1)C(=O)Nc1ccc(N(C)C)cc1C(F)(F)F. The number of rotatable bonds is 7. The Labute approximate surface area is 175 Å². The number of nitrogens with zero attached hydrogens (tertiary/aromatic N) is 2. The van der Waals surface area contributed by atoms with Crippen LogP contribution >= 0.6 is 0 Å². The van der Waals surface area contributed by atoms with Gasteiger partial charge in [-0.2, -0.15) is 13.2 Å². The predicted molar refractivity (Wildman–Crippen MR) is 112 cm³/mol. The predicted octanol–water partition coefficient (Wildman–Crippen LogP) is 4.82. The van der Waals surface area contributed by atoms with Crippen molar-refractivity contribution in [2.75, 3.05) is 30.9 Å². The molecule has 164 valence electrons. The van der Waals surface area contributed by atoms with Crippen LogP contribution in [0.5, 0.6) is 0 Å². The van der Waals surface area contributed by atoms with E-state index in [2.05, 4.69) is 5.32 Å². The Bertz CT molecular complexity index is 839. The molecule has 0 bridgehead atoms. The fourth-order valence-electron chi connectivity index (χ4n) is 3.13. The van der Waals surface area contributed by atoms with E-state index in [1.807, 2.05) is 44.2 Å². The first kappa shape index (κ1) is 23.5. The average Bonchev–Trinajstić information content (AvgIpc) is 2.67. The summed E-state index contributed by atoms with van der Waals surface area (Å²) in [6.45, 7) is 3.55. The van der Waals surface area contributed by atoms with Gasteiger partial charge in [0.2, 0.25) is 0 Å². The number of anilines is 2. The maximum Gasteiger partial charge on any atom is 0.418 e. The molecule has 1 atom stereocenters. The summed E-state index contributed by atoms with van der Waals surface area (Å²) >= 11 is 0. The van der Waals surface area contributed by atoms with E-state index in [9.17, 15) is 23.1 Å². The van der Waals surface area contributed by atoms with Crippen molar-refractivity contribution in [3.8, 4) is 0 Å². The van der Waals surface area contributed by atoms with Crippen LogP contribution in [0.15, 0.2) is 48.5 Å². The first-order chi connectivity index (χ1) is 14.0. The van der Waals surface area contributed by atoms with Crippen molar-refractivity contribution in [1.29, 1.82) is 0 Å². The van der Waals surface area contributed by atoms with Crippen LogP contribution in [0.3, 0.4) is 0 Å². The number of urea groups is 1. The van der Waals surface area contributed by atoms with Crippen molar-refractivity contribution in [2.24, 2.45) is 5.92 Å². The topological polar surface area (TPSA) is 55.8 Å². The van der Waals surface area contributed by atoms with Gasteiger partial charge in [0.05, 0.1) is 23.9 Å². The molecule has 0 saturated carbocycles. The second-order valence-electron chi connectivity index (χ2n) is 7.66. The number of hydrogen-bond donors (Lipinski definition) is 2. The molecular formula is C22H28F3N3O2. The minimum absolute atomic E-state index is 0.0948. The third-order valence-electron chi connectivity index (χ3n) is 4.88. The molecule has 0 aliphatic heterocycles. The summed E-state index contributed by atoms with van der Waals surface area (Å²) in [5, 5.41) is 12.2. The number of halogens is 3. The molecule has 2 aromatic rings. The van der Waals surface area contributed by atoms with E-state index < -0.39 is 23.8 Å². The molecular weight excluding hydrogens is 395 g/mol. The lowest BCUT2D eigenvalue weighted by Gasteiger charge is -2.33. The molecule has 0 spiro atoms. The van der Waals surface area contributed by atoms with Crippen molar-refractivity contribution in [1.82, 2.24) is 4.90 Å². The van der Waals surface area contributed by atoms with Crippen molar-refractivity contribution in [3.05, 3.63) is 59.7 Å². The van der Waals surface area contributed by atoms with Gasteiger partial charge in [0, 0.05) is 26.3 Å². The van der Waals surface area contributed by atoms with Gasteiger partial charge >= 0.3 is 12.2 Å². The number of nitrogens with one attached hydrogen (secondary N) is 1. The number of alkyl halides is 3. The lowest BCUT2D eigenvalue weighted by Crippen LogP contribution is -2.47. The molecule has 2 aromatic carbocycles. The molecule has 0 aromatic heterocycles. The third-order valence-corrected chi connectivity index (χ3v) is 4.88. The molecule has 0 unspecified atom stereocenters. The van der Waals surface area contributed by atoms with Gasteiger partial charge < -0.3 is 20.2 Å². The van der Waals surface area contributed by atoms with E-state index in [4.69, 9.17) is 0 Å². The zero-order valence-electron chi connectivity index (χ0n) is 17.6. The molecule has 0 saturated heterocycles. The summed E-state index contributed by atoms with van der Waals surface area (Å²) in [6, 6.07) is 11.6. The van der Waals surface area contributed by atoms with E-state index in [0.717, 1.165) is 11.6 Å². The summed E-state index contributed by atoms with van der Waals surface area (Å²) in [6.07, 6.45) is -4.63. The normalized spacial score (nSPS) is 12.6. The fraction of sp³-hybridized carbons (Fsp3) is 0.409. The maximum absolute atomic E-state index is 13.6. The van der Waals surface area contributed by atoms with Crippen LogP contribution in [0, 0.1) is 5.92 Å². The minimum atomic E-state index is -4.63. The van der Waals surface area contributed by atoms with Crippen molar-refractivity contribution in [2.45, 2.75) is 32.6 Å². The van der Waals surface area contributed by atoms with Crippen LogP contribution in [-0.4, -0.2) is 42.8 Å². The largest absolute Gasteiger partial charge is 0.418 e. The highest BCUT2D eigenvalue weighted by molar-refractivity contribution is 5.91. The van der Waals surface area contributed by atoms with Gasteiger partial charge in [-0.25, -0.2) is 4.79 Å². The second-order valence-corrected chi connectivity index (χ2v) is 7.66. The molecule has 0 fully saturated rings. The first-order valence-electron chi connectivity index (χ1n) is 9.65. The van der Waals surface area contributed by atoms with Gasteiger partial charge in [-0.15, -0.1) is 0 Å². The molecule has 2 N–H and O–H groups in total. The van der Waals surface area contributed by atoms with Crippen LogP contribution in [0.2, 0.25) is 0 Å². The number of amides is 2. The summed E-state index contributed by atoms with van der Waals surface area (Å²) in [5.41, 5.74) is -0.0638. The molecule has 2 amide bonds. The summed E-state index contributed by atoms with van der Waals surface area (Å²) < 4.78 is 40.9. The Morgan fingerprint density at radius 3 is 2.23 bits per heavy atom. The number of aliphatic hydroxyl groups excluding tert-OH is 1. The zero-order valence-corrected chi connectivity index (χ0v) is 17.6. The molecule has 5 nitrogen and oxygen atoms in total. The lowest BCUT2D eigenvalue weighted by molar-refractivity contribution is -0.136. The van der Waals surface area contributed by atoms with Crippen molar-refractivity contribution in [3.63, 3.8) is 0 Å². The molecule has 8 heteroatoms. The second kappa shape index (κ2) is 9.84. The Balaban J connectivity index is 2.39. The molecule has 0 aliphatic carbocycles. The lowest BCUT2D eigenvalue weighted by atomic mass is 10.0. The van der Waals surface area contributed by atoms with Gasteiger partial charge in [0.1, 0.15) is 0 Å². The summed E-state index contributed by atoms with van der Waals surface area (Å²) in [4.78, 5) is 16.0. The van der Waals surface area contributed by atoms with E-state index >= 15 is 0 Å². The number of aliphatic hydroxyl groups is 1. The molecule has 0 heterocycles. The van der Waals surface area contributed by atoms with Gasteiger partial charge in [0.15, 0.2) is 0 Å². The summed E-state index contributed by atoms with van der Waals surface area (Å²) in [7, 11) is 3.29. The summed E-state index contributed by atoms with van der Waals surface area (Å²) in [5.74, 6) is -0.0948. The van der Waals surface area contributed by atoms with E-state index in [1.165, 1.54) is 17.0 Å². The quantitative estimate of drug-likeness (QED) is 0.671. The van der Waals surface area contributed by atoms with Crippen LogP contribution in [0.1, 0.15) is 25.0 Å². The third kappa shape index (κ3) is 5.89. The average molecular weight is 423 g/mol. The highest BCUT2D eigenvalue weighted by Gasteiger charge is 2.35. The molecule has 0 radical (unpaired) electrons. The zero-order chi connectivity index (χ0) is 22.5. The smallest absolute Gasteiger partial charge is 0.394 e. The number of hydrogen-bond acceptors (Lipinski definition) is 3. The van der Waals surface area contributed by atoms with Crippen LogP contribution in [0.25, 0.3) is 0 Å². The Morgan fingerprint density at radius 2 is 1.73 bits per heavy atom. The number of benzene rings is 2. The highest BCUT2D eigenvalue weighted by Crippen LogP contribution is 2.37. The Morgan fingerprint density at radius 1 is 1.10 bits per heavy atom.